The lowest BCUT2D eigenvalue weighted by Gasteiger charge is -2.12. The molecule has 1 aliphatic rings. The molecule has 1 aliphatic heterocycles. The van der Waals surface area contributed by atoms with Crippen molar-refractivity contribution in [2.24, 2.45) is 0 Å². The summed E-state index contributed by atoms with van der Waals surface area (Å²) in [7, 11) is 1.47. The monoisotopic (exact) mass is 432 g/mol. The number of benzene rings is 2. The van der Waals surface area contributed by atoms with Crippen molar-refractivity contribution in [3.8, 4) is 23.3 Å². The van der Waals surface area contributed by atoms with Crippen molar-refractivity contribution >= 4 is 40.9 Å². The van der Waals surface area contributed by atoms with Crippen molar-refractivity contribution in [1.29, 1.82) is 5.26 Å². The number of carbonyl (C=O) groups excluding carboxylic acids is 1. The van der Waals surface area contributed by atoms with Crippen LogP contribution in [0.1, 0.15) is 17.5 Å². The van der Waals surface area contributed by atoms with E-state index >= 15 is 0 Å². The molecule has 2 aromatic carbocycles. The Morgan fingerprint density at radius 1 is 1.21 bits per heavy atom. The summed E-state index contributed by atoms with van der Waals surface area (Å²) in [5, 5.41) is 13.0. The van der Waals surface area contributed by atoms with Gasteiger partial charge in [0.2, 0.25) is 0 Å². The molecule has 8 heteroatoms. The number of hydrogen-bond acceptors (Lipinski definition) is 5. The number of amides is 1. The van der Waals surface area contributed by atoms with Gasteiger partial charge in [0.25, 0.3) is 5.91 Å². The molecule has 0 aromatic heterocycles. The number of carbonyl (C=O) groups is 1. The number of ether oxygens (including phenoxy) is 3. The number of nitrogens with zero attached hydrogens (tertiary/aromatic N) is 1. The van der Waals surface area contributed by atoms with E-state index in [0.29, 0.717) is 51.8 Å². The SMILES string of the molecule is COc1cc(Cl)c(C)cc1NC(=O)/C(C#N)=C/c1cc(Cl)c2c(c1)OCCCO2. The summed E-state index contributed by atoms with van der Waals surface area (Å²) in [5.74, 6) is 0.750. The van der Waals surface area contributed by atoms with Crippen molar-refractivity contribution in [1.82, 2.24) is 0 Å². The summed E-state index contributed by atoms with van der Waals surface area (Å²) in [6.07, 6.45) is 2.18. The summed E-state index contributed by atoms with van der Waals surface area (Å²) in [6.45, 7) is 2.81. The van der Waals surface area contributed by atoms with Gasteiger partial charge in [0.15, 0.2) is 11.5 Å². The first-order chi connectivity index (χ1) is 13.9. The van der Waals surface area contributed by atoms with Gasteiger partial charge in [0.1, 0.15) is 17.4 Å². The number of rotatable bonds is 4. The lowest BCUT2D eigenvalue weighted by molar-refractivity contribution is -0.112. The predicted molar refractivity (Wildman–Crippen MR) is 112 cm³/mol. The van der Waals surface area contributed by atoms with Gasteiger partial charge in [-0.1, -0.05) is 23.2 Å². The number of nitrogens with one attached hydrogen (secondary N) is 1. The van der Waals surface area contributed by atoms with Crippen LogP contribution in [-0.4, -0.2) is 26.2 Å². The van der Waals surface area contributed by atoms with E-state index in [1.807, 2.05) is 6.07 Å². The van der Waals surface area contributed by atoms with Crippen LogP contribution in [0.3, 0.4) is 0 Å². The Hall–Kier alpha value is -2.88. The molecule has 0 fully saturated rings. The average Bonchev–Trinajstić information content (AvgIpc) is 2.94. The number of methoxy groups -OCH3 is 1. The van der Waals surface area contributed by atoms with Crippen LogP contribution in [0, 0.1) is 18.3 Å². The summed E-state index contributed by atoms with van der Waals surface area (Å²) in [6, 6.07) is 8.50. The zero-order valence-corrected chi connectivity index (χ0v) is 17.4. The maximum absolute atomic E-state index is 12.7. The van der Waals surface area contributed by atoms with Crippen LogP contribution >= 0.6 is 23.2 Å². The summed E-state index contributed by atoms with van der Waals surface area (Å²) in [5.41, 5.74) is 1.62. The van der Waals surface area contributed by atoms with Gasteiger partial charge in [0.05, 0.1) is 31.0 Å². The molecule has 0 aliphatic carbocycles. The quantitative estimate of drug-likeness (QED) is 0.541. The van der Waals surface area contributed by atoms with Gasteiger partial charge in [-0.2, -0.15) is 5.26 Å². The van der Waals surface area contributed by atoms with Crippen molar-refractivity contribution in [2.75, 3.05) is 25.6 Å². The second-order valence-electron chi connectivity index (χ2n) is 6.31. The van der Waals surface area contributed by atoms with E-state index in [2.05, 4.69) is 5.32 Å². The zero-order valence-electron chi connectivity index (χ0n) is 15.8. The summed E-state index contributed by atoms with van der Waals surface area (Å²) < 4.78 is 16.5. The molecule has 0 atom stereocenters. The highest BCUT2D eigenvalue weighted by molar-refractivity contribution is 6.32. The lowest BCUT2D eigenvalue weighted by Crippen LogP contribution is -2.14. The van der Waals surface area contributed by atoms with Crippen LogP contribution in [0.15, 0.2) is 29.8 Å². The Bertz CT molecular complexity index is 1030. The fraction of sp³-hybridized carbons (Fsp3) is 0.238. The standard InChI is InChI=1S/C21H18Cl2N2O4/c1-12-6-17(18(27-2)10-15(12)22)25-21(26)14(11-24)7-13-8-16(23)20-19(9-13)28-4-3-5-29-20/h6-10H,3-5H2,1-2H3,(H,25,26)/b14-7+. The highest BCUT2D eigenvalue weighted by Crippen LogP contribution is 2.38. The highest BCUT2D eigenvalue weighted by atomic mass is 35.5. The maximum atomic E-state index is 12.7. The molecule has 0 unspecified atom stereocenters. The predicted octanol–water partition coefficient (Wildman–Crippen LogP) is 5.02. The third kappa shape index (κ3) is 4.76. The van der Waals surface area contributed by atoms with E-state index < -0.39 is 5.91 Å². The fourth-order valence-corrected chi connectivity index (χ4v) is 3.20. The Balaban J connectivity index is 1.90. The third-order valence-corrected chi connectivity index (χ3v) is 4.92. The van der Waals surface area contributed by atoms with Crippen LogP contribution in [0.4, 0.5) is 5.69 Å². The zero-order chi connectivity index (χ0) is 21.0. The first kappa shape index (κ1) is 20.8. The van der Waals surface area contributed by atoms with Crippen LogP contribution in [0.5, 0.6) is 17.2 Å². The molecule has 150 valence electrons. The van der Waals surface area contributed by atoms with Gasteiger partial charge in [-0.25, -0.2) is 0 Å². The molecular weight excluding hydrogens is 415 g/mol. The number of halogens is 2. The van der Waals surface area contributed by atoms with E-state index in [1.165, 1.54) is 13.2 Å². The van der Waals surface area contributed by atoms with Gasteiger partial charge < -0.3 is 19.5 Å². The molecule has 0 bridgehead atoms. The second kappa shape index (κ2) is 9.08. The van der Waals surface area contributed by atoms with Crippen LogP contribution in [0.25, 0.3) is 6.08 Å². The molecule has 1 heterocycles. The largest absolute Gasteiger partial charge is 0.495 e. The van der Waals surface area contributed by atoms with Crippen molar-refractivity contribution < 1.29 is 19.0 Å². The maximum Gasteiger partial charge on any atom is 0.266 e. The topological polar surface area (TPSA) is 80.6 Å². The van der Waals surface area contributed by atoms with Gasteiger partial charge >= 0.3 is 0 Å². The molecule has 2 aromatic rings. The molecule has 3 rings (SSSR count). The molecule has 0 spiro atoms. The Kier molecular flexibility index (Phi) is 6.53. The van der Waals surface area contributed by atoms with E-state index in [9.17, 15) is 10.1 Å². The fourth-order valence-electron chi connectivity index (χ4n) is 2.77. The van der Waals surface area contributed by atoms with Crippen molar-refractivity contribution in [2.45, 2.75) is 13.3 Å². The average molecular weight is 433 g/mol. The first-order valence-electron chi connectivity index (χ1n) is 8.79. The Morgan fingerprint density at radius 3 is 2.69 bits per heavy atom. The number of nitriles is 1. The first-order valence-corrected chi connectivity index (χ1v) is 9.55. The van der Waals surface area contributed by atoms with Gasteiger partial charge in [-0.3, -0.25) is 4.79 Å². The minimum Gasteiger partial charge on any atom is -0.495 e. The third-order valence-electron chi connectivity index (χ3n) is 4.23. The minimum absolute atomic E-state index is 0.106. The normalized spacial score (nSPS) is 13.3. The van der Waals surface area contributed by atoms with Crippen molar-refractivity contribution in [3.63, 3.8) is 0 Å². The molecular formula is C21H18Cl2N2O4. The van der Waals surface area contributed by atoms with Crippen molar-refractivity contribution in [3.05, 3.63) is 51.0 Å². The van der Waals surface area contributed by atoms with E-state index in [0.717, 1.165) is 12.0 Å². The molecule has 29 heavy (non-hydrogen) atoms. The number of fused-ring (bicyclic) bond motifs is 1. The number of anilines is 1. The second-order valence-corrected chi connectivity index (χ2v) is 7.12. The molecule has 0 saturated heterocycles. The minimum atomic E-state index is -0.587. The highest BCUT2D eigenvalue weighted by Gasteiger charge is 2.17. The van der Waals surface area contributed by atoms with E-state index in [-0.39, 0.29) is 5.57 Å². The summed E-state index contributed by atoms with van der Waals surface area (Å²) in [4.78, 5) is 12.7. The van der Waals surface area contributed by atoms with Gasteiger partial charge in [-0.15, -0.1) is 0 Å². The smallest absolute Gasteiger partial charge is 0.266 e. The Morgan fingerprint density at radius 2 is 1.97 bits per heavy atom. The summed E-state index contributed by atoms with van der Waals surface area (Å²) >= 11 is 12.4. The Labute approximate surface area is 178 Å². The van der Waals surface area contributed by atoms with Crippen LogP contribution in [0.2, 0.25) is 10.0 Å². The van der Waals surface area contributed by atoms with Gasteiger partial charge in [-0.05, 0) is 42.3 Å². The van der Waals surface area contributed by atoms with Crippen LogP contribution < -0.4 is 19.5 Å². The molecule has 6 nitrogen and oxygen atoms in total. The van der Waals surface area contributed by atoms with Gasteiger partial charge in [0, 0.05) is 17.5 Å². The molecule has 0 radical (unpaired) electrons. The number of hydrogen-bond donors (Lipinski definition) is 1. The molecule has 1 amide bonds. The molecule has 1 N–H and O–H groups in total. The van der Waals surface area contributed by atoms with E-state index in [1.54, 1.807) is 31.2 Å². The van der Waals surface area contributed by atoms with E-state index in [4.69, 9.17) is 37.4 Å². The number of aryl methyl sites for hydroxylation is 1. The van der Waals surface area contributed by atoms with Crippen LogP contribution in [-0.2, 0) is 4.79 Å². The lowest BCUT2D eigenvalue weighted by atomic mass is 10.1. The molecule has 0 saturated carbocycles.